The molecule has 1 aromatic rings. The predicted molar refractivity (Wildman–Crippen MR) is 75.6 cm³/mol. The van der Waals surface area contributed by atoms with Crippen LogP contribution >= 0.6 is 15.9 Å². The standard InChI is InChI=1S/C13H23BrN2O2/c1-5-13(18,6-2)11(17)8-10-12(14)9(4)15-16(10)7-3/h11,17-18H,5-8H2,1-4H3. The third-order valence-corrected chi connectivity index (χ3v) is 4.72. The third kappa shape index (κ3) is 2.95. The summed E-state index contributed by atoms with van der Waals surface area (Å²) < 4.78 is 2.80. The van der Waals surface area contributed by atoms with E-state index in [0.717, 1.165) is 22.4 Å². The molecule has 0 aromatic carbocycles. The van der Waals surface area contributed by atoms with Crippen LogP contribution in [-0.4, -0.2) is 31.7 Å². The lowest BCUT2D eigenvalue weighted by molar-refractivity contribution is -0.0797. The Morgan fingerprint density at radius 3 is 2.33 bits per heavy atom. The first-order chi connectivity index (χ1) is 8.39. The minimum absolute atomic E-state index is 0.410. The van der Waals surface area contributed by atoms with Crippen LogP contribution in [0.5, 0.6) is 0 Å². The van der Waals surface area contributed by atoms with Crippen LogP contribution in [0.25, 0.3) is 0 Å². The highest BCUT2D eigenvalue weighted by molar-refractivity contribution is 9.10. The average Bonchev–Trinajstić information content (AvgIpc) is 2.65. The maximum Gasteiger partial charge on any atom is 0.0904 e. The summed E-state index contributed by atoms with van der Waals surface area (Å²) in [6.45, 7) is 8.48. The van der Waals surface area contributed by atoms with E-state index in [9.17, 15) is 10.2 Å². The van der Waals surface area contributed by atoms with Crippen LogP contribution in [0.4, 0.5) is 0 Å². The summed E-state index contributed by atoms with van der Waals surface area (Å²) in [5.41, 5.74) is 0.842. The summed E-state index contributed by atoms with van der Waals surface area (Å²) in [5.74, 6) is 0. The molecule has 2 N–H and O–H groups in total. The molecule has 0 saturated carbocycles. The molecule has 0 aliphatic carbocycles. The van der Waals surface area contributed by atoms with E-state index in [2.05, 4.69) is 21.0 Å². The molecule has 0 bridgehead atoms. The van der Waals surface area contributed by atoms with Crippen LogP contribution in [0, 0.1) is 6.92 Å². The molecule has 18 heavy (non-hydrogen) atoms. The zero-order valence-corrected chi connectivity index (χ0v) is 13.2. The van der Waals surface area contributed by atoms with Crippen molar-refractivity contribution in [2.45, 2.75) is 65.2 Å². The van der Waals surface area contributed by atoms with Gasteiger partial charge < -0.3 is 10.2 Å². The van der Waals surface area contributed by atoms with Gasteiger partial charge in [0, 0.05) is 13.0 Å². The molecule has 5 heteroatoms. The Labute approximate surface area is 117 Å². The van der Waals surface area contributed by atoms with Gasteiger partial charge in [0.15, 0.2) is 0 Å². The van der Waals surface area contributed by atoms with E-state index in [1.807, 2.05) is 32.4 Å². The fourth-order valence-corrected chi connectivity index (χ4v) is 2.60. The summed E-state index contributed by atoms with van der Waals surface area (Å²) in [6.07, 6.45) is 0.724. The number of rotatable bonds is 6. The number of halogens is 1. The summed E-state index contributed by atoms with van der Waals surface area (Å²) in [4.78, 5) is 0. The second kappa shape index (κ2) is 6.17. The van der Waals surface area contributed by atoms with Crippen molar-refractivity contribution in [3.63, 3.8) is 0 Å². The van der Waals surface area contributed by atoms with Crippen LogP contribution in [0.2, 0.25) is 0 Å². The van der Waals surface area contributed by atoms with Gasteiger partial charge in [-0.15, -0.1) is 0 Å². The van der Waals surface area contributed by atoms with Crippen LogP contribution in [-0.2, 0) is 13.0 Å². The lowest BCUT2D eigenvalue weighted by Gasteiger charge is -2.31. The number of hydrogen-bond donors (Lipinski definition) is 2. The molecule has 0 spiro atoms. The van der Waals surface area contributed by atoms with E-state index in [0.29, 0.717) is 19.3 Å². The SMILES string of the molecule is CCn1nc(C)c(Br)c1CC(O)C(O)(CC)CC. The molecule has 1 unspecified atom stereocenters. The van der Waals surface area contributed by atoms with Gasteiger partial charge in [-0.3, -0.25) is 4.68 Å². The monoisotopic (exact) mass is 318 g/mol. The number of nitrogens with zero attached hydrogens (tertiary/aromatic N) is 2. The molecule has 0 radical (unpaired) electrons. The van der Waals surface area contributed by atoms with E-state index < -0.39 is 11.7 Å². The largest absolute Gasteiger partial charge is 0.390 e. The zero-order valence-electron chi connectivity index (χ0n) is 11.6. The second-order valence-electron chi connectivity index (χ2n) is 4.69. The lowest BCUT2D eigenvalue weighted by atomic mass is 9.88. The first kappa shape index (κ1) is 15.7. The van der Waals surface area contributed by atoms with Gasteiger partial charge in [0.05, 0.1) is 27.6 Å². The van der Waals surface area contributed by atoms with Crippen molar-refractivity contribution in [1.82, 2.24) is 9.78 Å². The van der Waals surface area contributed by atoms with E-state index in [4.69, 9.17) is 0 Å². The molecule has 0 aliphatic rings. The molecule has 0 saturated heterocycles. The quantitative estimate of drug-likeness (QED) is 0.847. The topological polar surface area (TPSA) is 58.3 Å². The Balaban J connectivity index is 2.97. The fraction of sp³-hybridized carbons (Fsp3) is 0.769. The van der Waals surface area contributed by atoms with Gasteiger partial charge >= 0.3 is 0 Å². The Bertz CT molecular complexity index is 400. The maximum atomic E-state index is 10.3. The smallest absolute Gasteiger partial charge is 0.0904 e. The molecule has 104 valence electrons. The molecular weight excluding hydrogens is 296 g/mol. The zero-order chi connectivity index (χ0) is 13.9. The highest BCUT2D eigenvalue weighted by atomic mass is 79.9. The van der Waals surface area contributed by atoms with Crippen LogP contribution in [0.3, 0.4) is 0 Å². The third-order valence-electron chi connectivity index (χ3n) is 3.68. The predicted octanol–water partition coefficient (Wildman–Crippen LogP) is 2.43. The molecule has 1 atom stereocenters. The number of hydrogen-bond acceptors (Lipinski definition) is 3. The Morgan fingerprint density at radius 2 is 1.89 bits per heavy atom. The van der Waals surface area contributed by atoms with Gasteiger partial charge in [-0.25, -0.2) is 0 Å². The Hall–Kier alpha value is -0.390. The lowest BCUT2D eigenvalue weighted by Crippen LogP contribution is -2.42. The van der Waals surface area contributed by atoms with Gasteiger partial charge in [0.25, 0.3) is 0 Å². The Kier molecular flexibility index (Phi) is 5.37. The van der Waals surface area contributed by atoms with Crippen molar-refractivity contribution >= 4 is 15.9 Å². The van der Waals surface area contributed by atoms with Crippen molar-refractivity contribution in [1.29, 1.82) is 0 Å². The van der Waals surface area contributed by atoms with Crippen molar-refractivity contribution in [2.75, 3.05) is 0 Å². The minimum atomic E-state index is -1.02. The molecule has 0 fully saturated rings. The van der Waals surface area contributed by atoms with E-state index in [-0.39, 0.29) is 0 Å². The second-order valence-corrected chi connectivity index (χ2v) is 5.49. The first-order valence-electron chi connectivity index (χ1n) is 6.51. The van der Waals surface area contributed by atoms with Crippen molar-refractivity contribution in [3.8, 4) is 0 Å². The maximum absolute atomic E-state index is 10.3. The number of aromatic nitrogens is 2. The van der Waals surface area contributed by atoms with Crippen LogP contribution in [0.15, 0.2) is 4.47 Å². The highest BCUT2D eigenvalue weighted by Gasteiger charge is 2.33. The molecule has 0 aliphatic heterocycles. The van der Waals surface area contributed by atoms with Gasteiger partial charge in [-0.2, -0.15) is 5.10 Å². The summed E-state index contributed by atoms with van der Waals surface area (Å²) in [5, 5.41) is 25.0. The molecule has 0 amide bonds. The fourth-order valence-electron chi connectivity index (χ4n) is 2.16. The highest BCUT2D eigenvalue weighted by Crippen LogP contribution is 2.27. The average molecular weight is 319 g/mol. The minimum Gasteiger partial charge on any atom is -0.390 e. The van der Waals surface area contributed by atoms with Crippen molar-refractivity contribution in [3.05, 3.63) is 15.9 Å². The Morgan fingerprint density at radius 1 is 1.33 bits per heavy atom. The summed E-state index contributed by atoms with van der Waals surface area (Å²) in [7, 11) is 0. The molecule has 1 heterocycles. The number of aliphatic hydroxyl groups excluding tert-OH is 1. The molecule has 1 aromatic heterocycles. The number of aliphatic hydroxyl groups is 2. The van der Waals surface area contributed by atoms with Gasteiger partial charge in [0.1, 0.15) is 0 Å². The van der Waals surface area contributed by atoms with Gasteiger partial charge in [-0.1, -0.05) is 13.8 Å². The van der Waals surface area contributed by atoms with Gasteiger partial charge in [-0.05, 0) is 42.6 Å². The van der Waals surface area contributed by atoms with Crippen molar-refractivity contribution < 1.29 is 10.2 Å². The molecular formula is C13H23BrN2O2. The van der Waals surface area contributed by atoms with Crippen LogP contribution < -0.4 is 0 Å². The van der Waals surface area contributed by atoms with Gasteiger partial charge in [0.2, 0.25) is 0 Å². The van der Waals surface area contributed by atoms with Crippen LogP contribution in [0.1, 0.15) is 45.0 Å². The van der Waals surface area contributed by atoms with Crippen molar-refractivity contribution in [2.24, 2.45) is 0 Å². The normalized spacial score (nSPS) is 13.9. The first-order valence-corrected chi connectivity index (χ1v) is 7.31. The van der Waals surface area contributed by atoms with E-state index in [1.165, 1.54) is 0 Å². The molecule has 1 rings (SSSR count). The summed E-state index contributed by atoms with van der Waals surface area (Å²) >= 11 is 3.50. The summed E-state index contributed by atoms with van der Waals surface area (Å²) in [6, 6.07) is 0. The number of aryl methyl sites for hydroxylation is 2. The van der Waals surface area contributed by atoms with E-state index in [1.54, 1.807) is 0 Å². The molecule has 4 nitrogen and oxygen atoms in total. The van der Waals surface area contributed by atoms with E-state index >= 15 is 0 Å².